The minimum Gasteiger partial charge on any atom is -0.481 e. The lowest BCUT2D eigenvalue weighted by Gasteiger charge is -2.21. The molecule has 1 aliphatic carbocycles. The molecule has 1 N–H and O–H groups in total. The molecular weight excluding hydrogens is 226 g/mol. The third-order valence-electron chi connectivity index (χ3n) is 3.94. The number of nitrogens with zero attached hydrogens (tertiary/aromatic N) is 2. The van der Waals surface area contributed by atoms with Crippen LogP contribution in [0, 0.1) is 12.8 Å². The average molecular weight is 251 g/mol. The molecule has 0 unspecified atom stereocenters. The van der Waals surface area contributed by atoms with Crippen LogP contribution in [-0.4, -0.2) is 23.4 Å². The number of aryl methyl sites for hydroxylation is 2. The Morgan fingerprint density at radius 3 is 2.72 bits per heavy atom. The van der Waals surface area contributed by atoms with Gasteiger partial charge < -0.3 is 10.1 Å². The van der Waals surface area contributed by atoms with Crippen LogP contribution in [-0.2, 0) is 13.6 Å². The number of hydrogen-bond acceptors (Lipinski definition) is 3. The molecule has 0 radical (unpaired) electrons. The quantitative estimate of drug-likeness (QED) is 0.873. The summed E-state index contributed by atoms with van der Waals surface area (Å²) in [6.45, 7) is 4.02. The minimum absolute atomic E-state index is 0.860. The van der Waals surface area contributed by atoms with Crippen molar-refractivity contribution >= 4 is 0 Å². The number of rotatable bonds is 5. The Balaban J connectivity index is 1.85. The number of hydrogen-bond donors (Lipinski definition) is 1. The van der Waals surface area contributed by atoms with Gasteiger partial charge in [-0.15, -0.1) is 0 Å². The molecule has 1 heterocycles. The highest BCUT2D eigenvalue weighted by Crippen LogP contribution is 2.24. The highest BCUT2D eigenvalue weighted by molar-refractivity contribution is 5.30. The van der Waals surface area contributed by atoms with Crippen molar-refractivity contribution in [3.05, 3.63) is 11.3 Å². The van der Waals surface area contributed by atoms with Gasteiger partial charge in [-0.1, -0.05) is 19.3 Å². The molecule has 1 saturated carbocycles. The Kier molecular flexibility index (Phi) is 4.64. The molecule has 1 fully saturated rings. The van der Waals surface area contributed by atoms with Gasteiger partial charge in [0.1, 0.15) is 0 Å². The minimum atomic E-state index is 0.860. The molecule has 1 aromatic rings. The Morgan fingerprint density at radius 2 is 2.06 bits per heavy atom. The fourth-order valence-corrected chi connectivity index (χ4v) is 2.93. The Morgan fingerprint density at radius 1 is 1.33 bits per heavy atom. The highest BCUT2D eigenvalue weighted by Gasteiger charge is 2.16. The largest absolute Gasteiger partial charge is 0.481 e. The van der Waals surface area contributed by atoms with Crippen molar-refractivity contribution in [1.82, 2.24) is 15.1 Å². The SMILES string of the molecule is COc1c(CNCC2CCCCC2)c(C)nn1C. The van der Waals surface area contributed by atoms with E-state index in [2.05, 4.69) is 10.4 Å². The molecule has 18 heavy (non-hydrogen) atoms. The normalized spacial score (nSPS) is 17.1. The van der Waals surface area contributed by atoms with Crippen molar-refractivity contribution in [3.63, 3.8) is 0 Å². The topological polar surface area (TPSA) is 39.1 Å². The van der Waals surface area contributed by atoms with Crippen molar-refractivity contribution in [2.75, 3.05) is 13.7 Å². The van der Waals surface area contributed by atoms with Crippen molar-refractivity contribution in [2.24, 2.45) is 13.0 Å². The van der Waals surface area contributed by atoms with Crippen LogP contribution in [0.2, 0.25) is 0 Å². The molecule has 0 aliphatic heterocycles. The molecule has 0 saturated heterocycles. The number of aromatic nitrogens is 2. The van der Waals surface area contributed by atoms with Gasteiger partial charge in [0.25, 0.3) is 0 Å². The fourth-order valence-electron chi connectivity index (χ4n) is 2.93. The van der Waals surface area contributed by atoms with Crippen LogP contribution >= 0.6 is 0 Å². The summed E-state index contributed by atoms with van der Waals surface area (Å²) in [6.07, 6.45) is 7.00. The second-order valence-electron chi connectivity index (χ2n) is 5.33. The van der Waals surface area contributed by atoms with Crippen molar-refractivity contribution < 1.29 is 4.74 Å². The molecule has 1 aliphatic rings. The second kappa shape index (κ2) is 6.23. The van der Waals surface area contributed by atoms with Crippen molar-refractivity contribution in [2.45, 2.75) is 45.6 Å². The van der Waals surface area contributed by atoms with E-state index in [9.17, 15) is 0 Å². The van der Waals surface area contributed by atoms with E-state index in [4.69, 9.17) is 4.74 Å². The molecule has 4 nitrogen and oxygen atoms in total. The van der Waals surface area contributed by atoms with Gasteiger partial charge in [0, 0.05) is 13.6 Å². The molecule has 0 amide bonds. The first-order valence-corrected chi connectivity index (χ1v) is 6.99. The lowest BCUT2D eigenvalue weighted by Crippen LogP contribution is -2.24. The third kappa shape index (κ3) is 3.05. The molecule has 102 valence electrons. The summed E-state index contributed by atoms with van der Waals surface area (Å²) < 4.78 is 7.21. The number of nitrogens with one attached hydrogen (secondary N) is 1. The van der Waals surface area contributed by atoms with Crippen LogP contribution in [0.1, 0.15) is 43.4 Å². The third-order valence-corrected chi connectivity index (χ3v) is 3.94. The van der Waals surface area contributed by atoms with Gasteiger partial charge >= 0.3 is 0 Å². The number of ether oxygens (including phenoxy) is 1. The molecule has 0 spiro atoms. The van der Waals surface area contributed by atoms with E-state index in [1.54, 1.807) is 7.11 Å². The van der Waals surface area contributed by atoms with Gasteiger partial charge in [-0.3, -0.25) is 0 Å². The van der Waals surface area contributed by atoms with Crippen LogP contribution in [0.15, 0.2) is 0 Å². The van der Waals surface area contributed by atoms with E-state index >= 15 is 0 Å². The summed E-state index contributed by atoms with van der Waals surface area (Å²) in [7, 11) is 3.64. The van der Waals surface area contributed by atoms with E-state index in [-0.39, 0.29) is 0 Å². The van der Waals surface area contributed by atoms with Gasteiger partial charge in [0.2, 0.25) is 5.88 Å². The number of methoxy groups -OCH3 is 1. The molecular formula is C14H25N3O. The van der Waals surface area contributed by atoms with Gasteiger partial charge in [0.15, 0.2) is 0 Å². The molecule has 0 bridgehead atoms. The lowest BCUT2D eigenvalue weighted by molar-refractivity contribution is 0.338. The van der Waals surface area contributed by atoms with Gasteiger partial charge in [-0.25, -0.2) is 4.68 Å². The van der Waals surface area contributed by atoms with Gasteiger partial charge in [-0.2, -0.15) is 5.10 Å². The molecule has 1 aromatic heterocycles. The molecule has 2 rings (SSSR count). The van der Waals surface area contributed by atoms with Crippen LogP contribution in [0.3, 0.4) is 0 Å². The molecule has 4 heteroatoms. The summed E-state index contributed by atoms with van der Waals surface area (Å²) in [5.74, 6) is 1.74. The van der Waals surface area contributed by atoms with E-state index < -0.39 is 0 Å². The first-order valence-electron chi connectivity index (χ1n) is 6.99. The summed E-state index contributed by atoms with van der Waals surface area (Å²) in [5.41, 5.74) is 2.25. The maximum Gasteiger partial charge on any atom is 0.216 e. The lowest BCUT2D eigenvalue weighted by atomic mass is 9.89. The monoisotopic (exact) mass is 251 g/mol. The van der Waals surface area contributed by atoms with Crippen LogP contribution < -0.4 is 10.1 Å². The first kappa shape index (κ1) is 13.4. The maximum atomic E-state index is 5.40. The highest BCUT2D eigenvalue weighted by atomic mass is 16.5. The molecule has 0 aromatic carbocycles. The van der Waals surface area contributed by atoms with E-state index in [0.717, 1.165) is 30.6 Å². The Labute approximate surface area is 110 Å². The summed E-state index contributed by atoms with van der Waals surface area (Å²) in [5, 5.41) is 7.97. The van der Waals surface area contributed by atoms with Crippen molar-refractivity contribution in [3.8, 4) is 5.88 Å². The van der Waals surface area contributed by atoms with Crippen LogP contribution in [0.4, 0.5) is 0 Å². The van der Waals surface area contributed by atoms with Crippen molar-refractivity contribution in [1.29, 1.82) is 0 Å². The van der Waals surface area contributed by atoms with Crippen LogP contribution in [0.25, 0.3) is 0 Å². The van der Waals surface area contributed by atoms with E-state index in [1.807, 2.05) is 18.7 Å². The standard InChI is InChI=1S/C14H25N3O/c1-11-13(14(18-3)17(2)16-11)10-15-9-12-7-5-4-6-8-12/h12,15H,4-10H2,1-3H3. The van der Waals surface area contributed by atoms with E-state index in [1.165, 1.54) is 37.7 Å². The predicted octanol–water partition coefficient (Wildman–Crippen LogP) is 2.41. The first-order chi connectivity index (χ1) is 8.72. The molecule has 0 atom stereocenters. The Bertz CT molecular complexity index is 381. The fraction of sp³-hybridized carbons (Fsp3) is 0.786. The zero-order valence-electron chi connectivity index (χ0n) is 11.8. The predicted molar refractivity (Wildman–Crippen MR) is 72.8 cm³/mol. The van der Waals surface area contributed by atoms with Crippen LogP contribution in [0.5, 0.6) is 5.88 Å². The maximum absolute atomic E-state index is 5.40. The average Bonchev–Trinajstić information content (AvgIpc) is 2.65. The van der Waals surface area contributed by atoms with E-state index in [0.29, 0.717) is 0 Å². The van der Waals surface area contributed by atoms with Gasteiger partial charge in [-0.05, 0) is 32.2 Å². The van der Waals surface area contributed by atoms with Gasteiger partial charge in [0.05, 0.1) is 18.4 Å². The zero-order valence-corrected chi connectivity index (χ0v) is 11.8. The summed E-state index contributed by atoms with van der Waals surface area (Å²) in [4.78, 5) is 0. The summed E-state index contributed by atoms with van der Waals surface area (Å²) in [6, 6.07) is 0. The Hall–Kier alpha value is -1.03. The second-order valence-corrected chi connectivity index (χ2v) is 5.33. The summed E-state index contributed by atoms with van der Waals surface area (Å²) >= 11 is 0. The zero-order chi connectivity index (χ0) is 13.0. The smallest absolute Gasteiger partial charge is 0.216 e.